The van der Waals surface area contributed by atoms with Gasteiger partial charge in [-0.3, -0.25) is 57.5 Å². The number of ketones is 6. The Morgan fingerprint density at radius 2 is 0.752 bits per heavy atom. The number of methoxy groups -OCH3 is 2. The summed E-state index contributed by atoms with van der Waals surface area (Å²) >= 11 is 0. The van der Waals surface area contributed by atoms with Crippen molar-refractivity contribution in [3.63, 3.8) is 0 Å². The molecule has 23 nitrogen and oxygen atoms in total. The van der Waals surface area contributed by atoms with E-state index in [2.05, 4.69) is 62.3 Å². The predicted octanol–water partition coefficient (Wildman–Crippen LogP) is 16.4. The third-order valence-corrected chi connectivity index (χ3v) is 47.0. The highest BCUT2D eigenvalue weighted by Crippen LogP contribution is 2.84. The van der Waals surface area contributed by atoms with Crippen LogP contribution in [0.2, 0.25) is 0 Å². The average molecular weight is 1830 g/mol. The standard InChI is InChI=1S/C24H30O6.C23H28O6.2C22H28O4.C19H24O3/c1-22-7-4-13(25)10-12(22)11-14(21(27)28-3)17-15-5-8-24(9-6-16(26)30-24)23(15,2)20-19(29-20)18(17)22;1-21-6-3-13(24)9-12(21)10-15(20(26)27-2)19-14-4-7-22(8-5-18(25)29-22)16(14)11-17-23(19,21)28-17;2*1-19-8-5-14(23)11-13(19)3-4-16-15-6-9-21(10-7-18(24)26-21)20(15,2)12-17-22(16,19)25-17;1-17-10-16-19(22-16)14(13(17)5-6-15(17)21)4-3-11-9-12(20)7-8-18(11,19)2/h10,14-15,17-20H,4-9,11H2,1-3H3;9,14-17,19H,3-8,10-11H2,1-2H3;2*11,15-17H,3-10,12H2,1-2H3;9,13-14,16H,3-8,10H2,1-2H3/t;14?,15?,16?,17?,19?,21?,22-,23?;2*15?,16?,17?,19?,20?,21-,22?;/m.111./s1. The Balaban J connectivity index is 0.0000000894. The molecular formula is C110H138O23. The minimum Gasteiger partial charge on any atom is -0.469 e. The Labute approximate surface area is 780 Å². The molecule has 0 aromatic rings. The van der Waals surface area contributed by atoms with Crippen molar-refractivity contribution >= 4 is 70.5 Å². The van der Waals surface area contributed by atoms with Crippen LogP contribution in [0.25, 0.3) is 0 Å². The van der Waals surface area contributed by atoms with E-state index >= 15 is 0 Å². The van der Waals surface area contributed by atoms with Gasteiger partial charge in [-0.05, 0) is 282 Å². The monoisotopic (exact) mass is 1830 g/mol. The number of carbonyl (C=O) groups excluding carboxylic acids is 12. The number of ether oxygens (including phenoxy) is 11. The lowest BCUT2D eigenvalue weighted by Gasteiger charge is -2.58. The summed E-state index contributed by atoms with van der Waals surface area (Å²) < 4.78 is 67.2. The molecular weight excluding hydrogens is 1690 g/mol. The zero-order valence-corrected chi connectivity index (χ0v) is 80.1. The summed E-state index contributed by atoms with van der Waals surface area (Å²) in [5.74, 6) is 4.92. The maximum atomic E-state index is 13.0. The molecule has 133 heavy (non-hydrogen) atoms. The number of hydrogen-bond acceptors (Lipinski definition) is 23. The summed E-state index contributed by atoms with van der Waals surface area (Å²) in [7, 11) is 2.91. The van der Waals surface area contributed by atoms with Crippen LogP contribution in [0.1, 0.15) is 319 Å². The summed E-state index contributed by atoms with van der Waals surface area (Å²) in [6.45, 7) is 20.8. The van der Waals surface area contributed by atoms with Crippen LogP contribution in [0.4, 0.5) is 0 Å². The lowest BCUT2D eigenvalue weighted by atomic mass is 9.44. The van der Waals surface area contributed by atoms with E-state index in [-0.39, 0.29) is 219 Å². The van der Waals surface area contributed by atoms with Crippen molar-refractivity contribution in [3.05, 3.63) is 58.2 Å². The van der Waals surface area contributed by atoms with Gasteiger partial charge in [0.05, 0.1) is 62.7 Å². The van der Waals surface area contributed by atoms with Crippen LogP contribution in [0.3, 0.4) is 0 Å². The van der Waals surface area contributed by atoms with Crippen molar-refractivity contribution in [1.29, 1.82) is 0 Å². The first-order valence-corrected chi connectivity index (χ1v) is 52.3. The van der Waals surface area contributed by atoms with Crippen LogP contribution >= 0.6 is 0 Å². The minimum atomic E-state index is -0.459. The zero-order valence-electron chi connectivity index (χ0n) is 80.1. The Hall–Kier alpha value is -6.66. The number of carbonyl (C=O) groups is 12. The van der Waals surface area contributed by atoms with Crippen LogP contribution in [0.15, 0.2) is 58.2 Å². The number of fused-ring (bicyclic) bond motifs is 24. The van der Waals surface area contributed by atoms with Crippen LogP contribution in [0, 0.1) is 132 Å². The topological polar surface area (TPSA) is 323 Å². The van der Waals surface area contributed by atoms with Gasteiger partial charge in [0.15, 0.2) is 28.9 Å². The van der Waals surface area contributed by atoms with E-state index < -0.39 is 5.60 Å². The molecule has 29 aliphatic rings. The van der Waals surface area contributed by atoms with Gasteiger partial charge in [0.2, 0.25) is 0 Å². The molecule has 8 spiro atoms. The Morgan fingerprint density at radius 3 is 1.24 bits per heavy atom. The maximum absolute atomic E-state index is 13.0. The van der Waals surface area contributed by atoms with Crippen molar-refractivity contribution in [3.8, 4) is 0 Å². The summed E-state index contributed by atoms with van der Waals surface area (Å²) in [6.07, 6.45) is 44.5. The molecule has 9 saturated heterocycles. The molecule has 9 heterocycles. The van der Waals surface area contributed by atoms with Gasteiger partial charge in [-0.15, -0.1) is 0 Å². The summed E-state index contributed by atoms with van der Waals surface area (Å²) in [5.41, 5.74) is 3.78. The van der Waals surface area contributed by atoms with E-state index in [1.165, 1.54) is 30.9 Å². The fourth-order valence-electron chi connectivity index (χ4n) is 40.2. The lowest BCUT2D eigenvalue weighted by molar-refractivity contribution is -0.172. The third kappa shape index (κ3) is 10.9. The third-order valence-electron chi connectivity index (χ3n) is 47.0. The highest BCUT2D eigenvalue weighted by atomic mass is 16.6. The number of rotatable bonds is 2. The average Bonchev–Trinajstić information content (AvgIpc) is 1.50. The highest BCUT2D eigenvalue weighted by molar-refractivity contribution is 5.95. The molecule has 20 aliphatic carbocycles. The first-order valence-electron chi connectivity index (χ1n) is 52.3. The van der Waals surface area contributed by atoms with E-state index in [0.717, 1.165) is 197 Å². The van der Waals surface area contributed by atoms with Gasteiger partial charge in [0.1, 0.15) is 50.6 Å². The molecule has 15 saturated carbocycles. The number of Topliss-reactive ketones (excluding diaryl/α,β-unsaturated/α-hetero) is 1. The SMILES string of the molecule is CC12CC3OC34C(CCC3=CC(=O)CCC34C)C1CCC2=O.CC12CCC(=O)C=C1CCC1C3CC[C@@]4(CCC(=O)O4)C3(C)CC3OC312.CC12CCC(=O)C=C1CCC1C3CC[C@@]4(CCC(=O)O4)C3(C)CC3OC312.COC(=O)C1CC2=CC(=O)CCC2(C)C23OC2CC2C(CC[C@@]24CCC(=O)O4)C13.COC(=O)C1CC2=CC(=O)CCC2(C)C2C3OC3C3(C)C(CCC34CCC(=O)O4)C12. The Kier molecular flexibility index (Phi) is 18.6. The van der Waals surface area contributed by atoms with Gasteiger partial charge in [0.25, 0.3) is 0 Å². The fourth-order valence-corrected chi connectivity index (χ4v) is 40.2. The van der Waals surface area contributed by atoms with Crippen molar-refractivity contribution in [1.82, 2.24) is 0 Å². The van der Waals surface area contributed by atoms with Gasteiger partial charge >= 0.3 is 35.8 Å². The first-order chi connectivity index (χ1) is 63.2. The number of esters is 6. The largest absolute Gasteiger partial charge is 0.469 e. The molecule has 34 unspecified atom stereocenters. The number of epoxide rings is 5. The number of allylic oxidation sites excluding steroid dienone is 1. The first kappa shape index (κ1) is 87.8. The molecule has 0 bridgehead atoms. The predicted molar refractivity (Wildman–Crippen MR) is 475 cm³/mol. The maximum Gasteiger partial charge on any atom is 0.309 e. The second-order valence-electron chi connectivity index (χ2n) is 50.4. The quantitative estimate of drug-likeness (QED) is 0.141. The van der Waals surface area contributed by atoms with Gasteiger partial charge in [-0.1, -0.05) is 90.2 Å². The normalized spacial score (nSPS) is 54.9. The van der Waals surface area contributed by atoms with Crippen LogP contribution in [0.5, 0.6) is 0 Å². The van der Waals surface area contributed by atoms with Gasteiger partial charge < -0.3 is 52.1 Å². The van der Waals surface area contributed by atoms with Gasteiger partial charge in [-0.2, -0.15) is 0 Å². The van der Waals surface area contributed by atoms with Crippen molar-refractivity contribution in [2.45, 2.75) is 401 Å². The van der Waals surface area contributed by atoms with E-state index in [1.807, 2.05) is 18.2 Å². The molecule has 9 aliphatic heterocycles. The second-order valence-corrected chi connectivity index (χ2v) is 50.4. The molecule has 23 heteroatoms. The minimum absolute atomic E-state index is 0.00737. The van der Waals surface area contributed by atoms with Crippen LogP contribution < -0.4 is 0 Å². The van der Waals surface area contributed by atoms with Gasteiger partial charge in [-0.25, -0.2) is 0 Å². The molecule has 37 atom stereocenters. The van der Waals surface area contributed by atoms with Crippen molar-refractivity contribution in [2.75, 3.05) is 14.2 Å². The summed E-state index contributed by atoms with van der Waals surface area (Å²) in [4.78, 5) is 147. The van der Waals surface area contributed by atoms with E-state index in [4.69, 9.17) is 52.1 Å². The highest BCUT2D eigenvalue weighted by Gasteiger charge is 2.88. The zero-order chi connectivity index (χ0) is 92.5. The second kappa shape index (κ2) is 28.2. The molecule has 0 N–H and O–H groups in total. The fraction of sp³-hybridized carbons (Fsp3) is 0.800. The smallest absolute Gasteiger partial charge is 0.309 e. The molecule has 0 aromatic heterocycles. The molecule has 24 fully saturated rings. The number of hydrogen-bond donors (Lipinski definition) is 0. The van der Waals surface area contributed by atoms with Crippen LogP contribution in [-0.2, 0) is 110 Å². The molecule has 716 valence electrons. The lowest BCUT2D eigenvalue weighted by Crippen LogP contribution is -2.61. The molecule has 0 amide bonds. The Morgan fingerprint density at radius 1 is 0.338 bits per heavy atom. The van der Waals surface area contributed by atoms with Crippen LogP contribution in [-0.4, -0.2) is 166 Å². The molecule has 0 aromatic carbocycles. The molecule has 29 rings (SSSR count). The Bertz CT molecular complexity index is 5310. The summed E-state index contributed by atoms with van der Waals surface area (Å²) in [6, 6.07) is 0. The van der Waals surface area contributed by atoms with E-state index in [0.29, 0.717) is 129 Å². The summed E-state index contributed by atoms with van der Waals surface area (Å²) in [5, 5.41) is 0. The van der Waals surface area contributed by atoms with Gasteiger partial charge in [0, 0.05) is 125 Å². The van der Waals surface area contributed by atoms with E-state index in [1.54, 1.807) is 12.2 Å². The van der Waals surface area contributed by atoms with Crippen molar-refractivity contribution in [2.24, 2.45) is 132 Å². The van der Waals surface area contributed by atoms with Crippen molar-refractivity contribution < 1.29 is 110 Å². The molecule has 0 radical (unpaired) electrons. The van der Waals surface area contributed by atoms with E-state index in [9.17, 15) is 57.5 Å².